The van der Waals surface area contributed by atoms with E-state index in [1.54, 1.807) is 6.07 Å². The van der Waals surface area contributed by atoms with Crippen molar-refractivity contribution in [2.75, 3.05) is 11.9 Å². The van der Waals surface area contributed by atoms with Gasteiger partial charge in [-0.25, -0.2) is 0 Å². The highest BCUT2D eigenvalue weighted by atomic mass is 16.3. The van der Waals surface area contributed by atoms with E-state index in [4.69, 9.17) is 0 Å². The monoisotopic (exact) mass is 262 g/mol. The first-order chi connectivity index (χ1) is 8.88. The van der Waals surface area contributed by atoms with Gasteiger partial charge in [-0.3, -0.25) is 4.79 Å². The summed E-state index contributed by atoms with van der Waals surface area (Å²) in [6, 6.07) is 5.23. The molecule has 2 rings (SSSR count). The van der Waals surface area contributed by atoms with Crippen LogP contribution in [0.4, 0.5) is 5.69 Å². The average molecular weight is 262 g/mol. The lowest BCUT2D eigenvalue weighted by molar-refractivity contribution is -0.117. The zero-order valence-corrected chi connectivity index (χ0v) is 11.8. The second kappa shape index (κ2) is 5.21. The molecule has 1 fully saturated rings. The first-order valence-corrected chi connectivity index (χ1v) is 6.75. The Bertz CT molecular complexity index is 472. The van der Waals surface area contributed by atoms with Gasteiger partial charge in [-0.05, 0) is 42.5 Å². The summed E-state index contributed by atoms with van der Waals surface area (Å²) in [6.45, 7) is 7.18. The number of nitrogens with one attached hydrogen (secondary N) is 2. The molecule has 3 N–H and O–H groups in total. The lowest BCUT2D eigenvalue weighted by Crippen LogP contribution is -2.35. The Kier molecular flexibility index (Phi) is 3.80. The van der Waals surface area contributed by atoms with Crippen LogP contribution in [0.3, 0.4) is 0 Å². The molecule has 1 saturated heterocycles. The lowest BCUT2D eigenvalue weighted by atomic mass is 9.87. The molecule has 0 aromatic heterocycles. The van der Waals surface area contributed by atoms with Gasteiger partial charge in [0.1, 0.15) is 5.75 Å². The standard InChI is InChI=1S/C15H22N2O2/c1-15(2,3)10-6-7-13(18)12(9-10)17-14(19)11-5-4-8-16-11/h6-7,9,11,16,18H,4-5,8H2,1-3H3,(H,17,19)/t11-/m1/s1. The molecule has 104 valence electrons. The molecule has 0 bridgehead atoms. The molecule has 1 aromatic carbocycles. The Labute approximate surface area is 114 Å². The van der Waals surface area contributed by atoms with E-state index in [-0.39, 0.29) is 23.1 Å². The molecular formula is C15H22N2O2. The Hall–Kier alpha value is -1.55. The summed E-state index contributed by atoms with van der Waals surface area (Å²) in [7, 11) is 0. The quantitative estimate of drug-likeness (QED) is 0.717. The normalized spacial score (nSPS) is 19.4. The van der Waals surface area contributed by atoms with Crippen LogP contribution in [-0.2, 0) is 10.2 Å². The van der Waals surface area contributed by atoms with Crippen LogP contribution in [0.25, 0.3) is 0 Å². The molecule has 1 aliphatic heterocycles. The van der Waals surface area contributed by atoms with Gasteiger partial charge in [0.25, 0.3) is 0 Å². The third-order valence-corrected chi connectivity index (χ3v) is 3.50. The molecule has 0 unspecified atom stereocenters. The van der Waals surface area contributed by atoms with E-state index < -0.39 is 0 Å². The van der Waals surface area contributed by atoms with Crippen LogP contribution in [0.15, 0.2) is 18.2 Å². The summed E-state index contributed by atoms with van der Waals surface area (Å²) in [5.74, 6) is 0.0400. The predicted octanol–water partition coefficient (Wildman–Crippen LogP) is 2.38. The van der Waals surface area contributed by atoms with Gasteiger partial charge in [0.05, 0.1) is 11.7 Å². The summed E-state index contributed by atoms with van der Waals surface area (Å²) in [6.07, 6.45) is 1.87. The van der Waals surface area contributed by atoms with Crippen LogP contribution >= 0.6 is 0 Å². The maximum absolute atomic E-state index is 12.0. The number of aromatic hydroxyl groups is 1. The third kappa shape index (κ3) is 3.26. The molecule has 4 heteroatoms. The number of rotatable bonds is 2. The summed E-state index contributed by atoms with van der Waals surface area (Å²) < 4.78 is 0. The molecule has 1 atom stereocenters. The fraction of sp³-hybridized carbons (Fsp3) is 0.533. The number of anilines is 1. The number of carbonyl (C=O) groups is 1. The minimum atomic E-state index is -0.141. The lowest BCUT2D eigenvalue weighted by Gasteiger charge is -2.21. The van der Waals surface area contributed by atoms with E-state index in [1.807, 2.05) is 12.1 Å². The van der Waals surface area contributed by atoms with E-state index in [2.05, 4.69) is 31.4 Å². The van der Waals surface area contributed by atoms with E-state index in [1.165, 1.54) is 0 Å². The molecule has 0 saturated carbocycles. The van der Waals surface area contributed by atoms with Crippen LogP contribution in [0.2, 0.25) is 0 Å². The van der Waals surface area contributed by atoms with Crippen LogP contribution < -0.4 is 10.6 Å². The Balaban J connectivity index is 2.17. The van der Waals surface area contributed by atoms with E-state index in [0.717, 1.165) is 24.9 Å². The molecular weight excluding hydrogens is 240 g/mol. The van der Waals surface area contributed by atoms with Crippen LogP contribution in [-0.4, -0.2) is 23.6 Å². The zero-order valence-electron chi connectivity index (χ0n) is 11.8. The number of amides is 1. The van der Waals surface area contributed by atoms with Crippen LogP contribution in [0.5, 0.6) is 5.75 Å². The first-order valence-electron chi connectivity index (χ1n) is 6.75. The number of phenolic OH excluding ortho intramolecular Hbond substituents is 1. The number of carbonyl (C=O) groups excluding carboxylic acids is 1. The molecule has 1 aromatic rings. The van der Waals surface area contributed by atoms with Gasteiger partial charge < -0.3 is 15.7 Å². The first kappa shape index (κ1) is 13.9. The van der Waals surface area contributed by atoms with Crippen molar-refractivity contribution in [3.63, 3.8) is 0 Å². The van der Waals surface area contributed by atoms with Gasteiger partial charge in [-0.15, -0.1) is 0 Å². The van der Waals surface area contributed by atoms with Gasteiger partial charge in [0, 0.05) is 0 Å². The fourth-order valence-corrected chi connectivity index (χ4v) is 2.23. The number of hydrogen-bond donors (Lipinski definition) is 3. The van der Waals surface area contributed by atoms with E-state index >= 15 is 0 Å². The number of phenols is 1. The molecule has 0 aliphatic carbocycles. The second-order valence-electron chi connectivity index (χ2n) is 6.12. The maximum atomic E-state index is 12.0. The van der Waals surface area contributed by atoms with Crippen molar-refractivity contribution < 1.29 is 9.90 Å². The predicted molar refractivity (Wildman–Crippen MR) is 76.5 cm³/mol. The van der Waals surface area contributed by atoms with Gasteiger partial charge in [0.15, 0.2) is 0 Å². The largest absolute Gasteiger partial charge is 0.506 e. The Morgan fingerprint density at radius 1 is 1.42 bits per heavy atom. The van der Waals surface area contributed by atoms with Crippen molar-refractivity contribution in [2.24, 2.45) is 0 Å². The number of benzene rings is 1. The minimum absolute atomic E-state index is 0.0151. The van der Waals surface area contributed by atoms with Gasteiger partial charge in [-0.2, -0.15) is 0 Å². The summed E-state index contributed by atoms with van der Waals surface area (Å²) >= 11 is 0. The Morgan fingerprint density at radius 2 is 2.16 bits per heavy atom. The highest BCUT2D eigenvalue weighted by Gasteiger charge is 2.23. The molecule has 1 heterocycles. The smallest absolute Gasteiger partial charge is 0.241 e. The van der Waals surface area contributed by atoms with Crippen molar-refractivity contribution in [3.8, 4) is 5.75 Å². The minimum Gasteiger partial charge on any atom is -0.506 e. The van der Waals surface area contributed by atoms with E-state index in [9.17, 15) is 9.90 Å². The van der Waals surface area contributed by atoms with Crippen LogP contribution in [0.1, 0.15) is 39.2 Å². The van der Waals surface area contributed by atoms with Crippen molar-refractivity contribution in [2.45, 2.75) is 45.1 Å². The van der Waals surface area contributed by atoms with Gasteiger partial charge >= 0.3 is 0 Å². The summed E-state index contributed by atoms with van der Waals surface area (Å²) in [5.41, 5.74) is 1.56. The second-order valence-corrected chi connectivity index (χ2v) is 6.12. The van der Waals surface area contributed by atoms with Gasteiger partial charge in [0.2, 0.25) is 5.91 Å². The molecule has 1 amide bonds. The maximum Gasteiger partial charge on any atom is 0.241 e. The molecule has 19 heavy (non-hydrogen) atoms. The zero-order chi connectivity index (χ0) is 14.0. The van der Waals surface area contributed by atoms with Crippen molar-refractivity contribution in [1.82, 2.24) is 5.32 Å². The average Bonchev–Trinajstić information content (AvgIpc) is 2.84. The van der Waals surface area contributed by atoms with Crippen molar-refractivity contribution in [1.29, 1.82) is 0 Å². The molecule has 0 radical (unpaired) electrons. The highest BCUT2D eigenvalue weighted by molar-refractivity contribution is 5.96. The van der Waals surface area contributed by atoms with Gasteiger partial charge in [-0.1, -0.05) is 26.8 Å². The highest BCUT2D eigenvalue weighted by Crippen LogP contribution is 2.30. The van der Waals surface area contributed by atoms with Crippen molar-refractivity contribution >= 4 is 11.6 Å². The topological polar surface area (TPSA) is 61.4 Å². The SMILES string of the molecule is CC(C)(C)c1ccc(O)c(NC(=O)[C@H]2CCCN2)c1. The fourth-order valence-electron chi connectivity index (χ4n) is 2.23. The molecule has 1 aliphatic rings. The Morgan fingerprint density at radius 3 is 2.74 bits per heavy atom. The summed E-state index contributed by atoms with van der Waals surface area (Å²) in [5, 5.41) is 15.8. The van der Waals surface area contributed by atoms with Crippen LogP contribution in [0, 0.1) is 0 Å². The molecule has 4 nitrogen and oxygen atoms in total. The number of hydrogen-bond acceptors (Lipinski definition) is 3. The molecule has 0 spiro atoms. The van der Waals surface area contributed by atoms with E-state index in [0.29, 0.717) is 5.69 Å². The summed E-state index contributed by atoms with van der Waals surface area (Å²) in [4.78, 5) is 12.0. The third-order valence-electron chi connectivity index (χ3n) is 3.50. The van der Waals surface area contributed by atoms with Crippen molar-refractivity contribution in [3.05, 3.63) is 23.8 Å².